The molecular weight excluding hydrogens is 560 g/mol. The molecule has 17 heteroatoms. The van der Waals surface area contributed by atoms with Crippen LogP contribution in [0, 0.1) is 5.82 Å². The fourth-order valence-electron chi connectivity index (χ4n) is 3.67. The molecule has 0 saturated carbocycles. The van der Waals surface area contributed by atoms with Crippen LogP contribution in [0.25, 0.3) is 10.4 Å². The first-order valence-electron chi connectivity index (χ1n) is 10.0. The van der Waals surface area contributed by atoms with Crippen LogP contribution in [0.2, 0.25) is 0 Å². The number of hydrogen-bond acceptors (Lipinski definition) is 10. The van der Waals surface area contributed by atoms with Crippen molar-refractivity contribution < 1.29 is 37.5 Å². The number of phosphoric ester groups is 1. The summed E-state index contributed by atoms with van der Waals surface area (Å²) in [4.78, 5) is 28.0. The van der Waals surface area contributed by atoms with Crippen LogP contribution in [-0.4, -0.2) is 50.9 Å². The van der Waals surface area contributed by atoms with E-state index in [-0.39, 0.29) is 13.0 Å². The number of benzene rings is 1. The second-order valence-electron chi connectivity index (χ2n) is 7.63. The molecule has 0 aliphatic carbocycles. The Morgan fingerprint density at radius 2 is 2.17 bits per heavy atom. The standard InChI is InChI=1S/C18H18BrFN5O9P/c19-10-5-9(6-11(20)7-10)12-2-4-31-35(30,34-12)32-8-18(23-24-21)15(28)14(27)16(33-18)25-3-1-13(26)22-17(25)29/h1,3,5-7,12,14-16,27-28H,2,4,8H2,(H,22,26,29)/t12-,14+,15-,16+,18+,35?/m0/s1. The second kappa shape index (κ2) is 9.93. The van der Waals surface area contributed by atoms with E-state index >= 15 is 0 Å². The van der Waals surface area contributed by atoms with E-state index in [2.05, 4.69) is 26.0 Å². The molecule has 1 aromatic heterocycles. The van der Waals surface area contributed by atoms with Gasteiger partial charge in [0.25, 0.3) is 5.56 Å². The van der Waals surface area contributed by atoms with E-state index < -0.39 is 61.8 Å². The predicted molar refractivity (Wildman–Crippen MR) is 117 cm³/mol. The summed E-state index contributed by atoms with van der Waals surface area (Å²) in [5, 5.41) is 24.4. The van der Waals surface area contributed by atoms with Crippen molar-refractivity contribution in [3.05, 3.63) is 77.6 Å². The van der Waals surface area contributed by atoms with Crippen molar-refractivity contribution in [2.45, 2.75) is 36.7 Å². The number of nitrogens with zero attached hydrogens (tertiary/aromatic N) is 4. The SMILES string of the molecule is [N-]=[N+]=N[C@]1(COP2(=O)OCC[C@@H](c3cc(F)cc(Br)c3)O2)O[C@@H](n2ccc(=O)[nH]c2=O)[C@H](O)[C@@H]1O. The predicted octanol–water partition coefficient (Wildman–Crippen LogP) is 2.00. The van der Waals surface area contributed by atoms with Crippen LogP contribution in [-0.2, 0) is 22.9 Å². The van der Waals surface area contributed by atoms with Crippen LogP contribution in [0.4, 0.5) is 4.39 Å². The number of aromatic amines is 1. The molecule has 2 fully saturated rings. The Bertz CT molecular complexity index is 1310. The fraction of sp³-hybridized carbons (Fsp3) is 0.444. The Morgan fingerprint density at radius 3 is 2.86 bits per heavy atom. The van der Waals surface area contributed by atoms with E-state index in [0.717, 1.165) is 16.8 Å². The first-order valence-corrected chi connectivity index (χ1v) is 12.3. The summed E-state index contributed by atoms with van der Waals surface area (Å²) in [5.41, 5.74) is 5.35. The lowest BCUT2D eigenvalue weighted by Gasteiger charge is -2.32. The van der Waals surface area contributed by atoms with Crippen molar-refractivity contribution >= 4 is 23.8 Å². The maximum Gasteiger partial charge on any atom is 0.475 e. The van der Waals surface area contributed by atoms with E-state index in [1.54, 1.807) is 6.07 Å². The first-order chi connectivity index (χ1) is 16.6. The van der Waals surface area contributed by atoms with Gasteiger partial charge >= 0.3 is 13.5 Å². The number of aliphatic hydroxyl groups excluding tert-OH is 2. The van der Waals surface area contributed by atoms with Crippen molar-refractivity contribution in [1.82, 2.24) is 9.55 Å². The van der Waals surface area contributed by atoms with E-state index in [4.69, 9.17) is 23.8 Å². The van der Waals surface area contributed by atoms with Crippen molar-refractivity contribution in [2.24, 2.45) is 5.11 Å². The molecule has 1 unspecified atom stereocenters. The smallest absolute Gasteiger partial charge is 0.387 e. The molecular formula is C18H18BrFN5O9P. The van der Waals surface area contributed by atoms with Gasteiger partial charge in [0.15, 0.2) is 6.23 Å². The van der Waals surface area contributed by atoms with Gasteiger partial charge in [0.1, 0.15) is 18.0 Å². The van der Waals surface area contributed by atoms with Gasteiger partial charge in [-0.15, -0.1) is 0 Å². The van der Waals surface area contributed by atoms with Crippen LogP contribution in [0.15, 0.2) is 49.6 Å². The molecule has 6 atom stereocenters. The summed E-state index contributed by atoms with van der Waals surface area (Å²) in [6.07, 6.45) is -5.02. The fourth-order valence-corrected chi connectivity index (χ4v) is 5.56. The Labute approximate surface area is 203 Å². The Morgan fingerprint density at radius 1 is 1.40 bits per heavy atom. The van der Waals surface area contributed by atoms with Gasteiger partial charge in [0.05, 0.1) is 19.3 Å². The van der Waals surface area contributed by atoms with Crippen LogP contribution in [0.3, 0.4) is 0 Å². The number of aromatic nitrogens is 2. The van der Waals surface area contributed by atoms with E-state index in [1.807, 2.05) is 4.98 Å². The van der Waals surface area contributed by atoms with Gasteiger partial charge in [-0.3, -0.25) is 27.9 Å². The van der Waals surface area contributed by atoms with Crippen molar-refractivity contribution in [2.75, 3.05) is 13.2 Å². The van der Waals surface area contributed by atoms with E-state index in [1.165, 1.54) is 12.1 Å². The topological polar surface area (TPSA) is 198 Å². The highest BCUT2D eigenvalue weighted by atomic mass is 79.9. The number of ether oxygens (including phenoxy) is 1. The quantitative estimate of drug-likeness (QED) is 0.199. The monoisotopic (exact) mass is 577 g/mol. The van der Waals surface area contributed by atoms with Crippen LogP contribution in [0.1, 0.15) is 24.3 Å². The van der Waals surface area contributed by atoms with Crippen molar-refractivity contribution in [3.8, 4) is 0 Å². The van der Waals surface area contributed by atoms with Gasteiger partial charge in [0.2, 0.25) is 5.72 Å². The molecule has 0 spiro atoms. The highest BCUT2D eigenvalue weighted by Gasteiger charge is 2.56. The van der Waals surface area contributed by atoms with Gasteiger partial charge in [-0.25, -0.2) is 13.8 Å². The Kier molecular flexibility index (Phi) is 7.29. The molecule has 2 saturated heterocycles. The molecule has 2 aliphatic heterocycles. The third kappa shape index (κ3) is 5.26. The van der Waals surface area contributed by atoms with Gasteiger partial charge in [-0.1, -0.05) is 21.0 Å². The molecule has 35 heavy (non-hydrogen) atoms. The van der Waals surface area contributed by atoms with Gasteiger partial charge in [0, 0.05) is 28.1 Å². The number of hydrogen-bond donors (Lipinski definition) is 3. The van der Waals surface area contributed by atoms with Crippen LogP contribution < -0.4 is 11.2 Å². The van der Waals surface area contributed by atoms with E-state index in [9.17, 15) is 28.8 Å². The molecule has 4 rings (SSSR count). The average molecular weight is 578 g/mol. The lowest BCUT2D eigenvalue weighted by Crippen LogP contribution is -2.45. The minimum absolute atomic E-state index is 0.0912. The lowest BCUT2D eigenvalue weighted by atomic mass is 10.1. The minimum atomic E-state index is -4.35. The summed E-state index contributed by atoms with van der Waals surface area (Å²) in [5.74, 6) is -0.553. The number of azide groups is 1. The Hall–Kier alpha value is -2.39. The molecule has 1 aromatic carbocycles. The number of rotatable bonds is 6. The van der Waals surface area contributed by atoms with Gasteiger partial charge in [-0.05, 0) is 29.3 Å². The van der Waals surface area contributed by atoms with E-state index in [0.29, 0.717) is 10.0 Å². The highest BCUT2D eigenvalue weighted by molar-refractivity contribution is 9.10. The zero-order chi connectivity index (χ0) is 25.4. The summed E-state index contributed by atoms with van der Waals surface area (Å²) < 4.78 is 49.5. The molecule has 3 heterocycles. The third-order valence-corrected chi connectivity index (χ3v) is 7.23. The zero-order valence-corrected chi connectivity index (χ0v) is 20.0. The Balaban J connectivity index is 1.56. The number of phosphoric acid groups is 1. The summed E-state index contributed by atoms with van der Waals surface area (Å²) in [7, 11) is -4.35. The first kappa shape index (κ1) is 25.7. The maximum atomic E-state index is 13.8. The summed E-state index contributed by atoms with van der Waals surface area (Å²) in [6.45, 7) is -1.01. The van der Waals surface area contributed by atoms with Gasteiger partial charge < -0.3 is 14.9 Å². The van der Waals surface area contributed by atoms with Crippen molar-refractivity contribution in [1.29, 1.82) is 0 Å². The number of aliphatic hydroxyl groups is 2. The number of H-pyrrole nitrogens is 1. The molecule has 2 aromatic rings. The third-order valence-electron chi connectivity index (χ3n) is 5.31. The summed E-state index contributed by atoms with van der Waals surface area (Å²) >= 11 is 3.17. The zero-order valence-electron chi connectivity index (χ0n) is 17.6. The second-order valence-corrected chi connectivity index (χ2v) is 10.2. The van der Waals surface area contributed by atoms with Crippen LogP contribution >= 0.6 is 23.8 Å². The number of nitrogens with one attached hydrogen (secondary N) is 1. The average Bonchev–Trinajstić information content (AvgIpc) is 3.03. The summed E-state index contributed by atoms with van der Waals surface area (Å²) in [6, 6.07) is 4.97. The lowest BCUT2D eigenvalue weighted by molar-refractivity contribution is -0.127. The molecule has 0 bridgehead atoms. The van der Waals surface area contributed by atoms with Crippen molar-refractivity contribution in [3.63, 3.8) is 0 Å². The van der Waals surface area contributed by atoms with Gasteiger partial charge in [-0.2, -0.15) is 0 Å². The molecule has 188 valence electrons. The molecule has 2 aliphatic rings. The highest BCUT2D eigenvalue weighted by Crippen LogP contribution is 2.58. The molecule has 3 N–H and O–H groups in total. The maximum absolute atomic E-state index is 13.8. The molecule has 14 nitrogen and oxygen atoms in total. The van der Waals surface area contributed by atoms with Crippen LogP contribution in [0.5, 0.6) is 0 Å². The normalized spacial score (nSPS) is 32.8. The number of halogens is 2. The molecule has 0 radical (unpaired) electrons. The largest absolute Gasteiger partial charge is 0.475 e. The molecule has 0 amide bonds. The minimum Gasteiger partial charge on any atom is -0.387 e.